The maximum atomic E-state index is 3.53. The van der Waals surface area contributed by atoms with E-state index in [1.807, 2.05) is 0 Å². The van der Waals surface area contributed by atoms with Crippen LogP contribution in [0.1, 0.15) is 161 Å². The third-order valence-corrected chi connectivity index (χ3v) is 6.65. The number of aromatic nitrogens is 2. The number of unbranched alkanes of at least 4 members (excludes halogenated alkanes) is 14. The van der Waals surface area contributed by atoms with Gasteiger partial charge in [-0.05, 0) is 26.2 Å². The molecule has 1 aromatic rings. The first-order valence-electron chi connectivity index (χ1n) is 13.3. The number of hydrogen-bond donors (Lipinski definition) is 1. The molecular weight excluding hydrogens is 352 g/mol. The number of imidazole rings is 1. The van der Waals surface area contributed by atoms with E-state index < -0.39 is 0 Å². The summed E-state index contributed by atoms with van der Waals surface area (Å²) in [5.74, 6) is 2.08. The maximum absolute atomic E-state index is 3.53. The van der Waals surface area contributed by atoms with Gasteiger partial charge in [0.2, 0.25) is 0 Å². The highest BCUT2D eigenvalue weighted by Crippen LogP contribution is 2.20. The fourth-order valence-corrected chi connectivity index (χ4v) is 4.57. The fourth-order valence-electron chi connectivity index (χ4n) is 4.57. The number of nitrogens with one attached hydrogen (secondary N) is 1. The quantitative estimate of drug-likeness (QED) is 0.165. The van der Waals surface area contributed by atoms with Gasteiger partial charge in [-0.25, -0.2) is 9.55 Å². The van der Waals surface area contributed by atoms with E-state index in [4.69, 9.17) is 0 Å². The molecule has 2 unspecified atom stereocenters. The van der Waals surface area contributed by atoms with Crippen molar-refractivity contribution in [1.29, 1.82) is 0 Å². The molecule has 2 nitrogen and oxygen atoms in total. The topological polar surface area (TPSA) is 19.7 Å². The Balaban J connectivity index is 2.04. The molecule has 1 aromatic heterocycles. The van der Waals surface area contributed by atoms with Gasteiger partial charge in [-0.1, -0.05) is 117 Å². The van der Waals surface area contributed by atoms with Crippen molar-refractivity contribution >= 4 is 0 Å². The second-order valence-electron chi connectivity index (χ2n) is 9.53. The SMILES string of the molecule is CCCCCCCCCCCCCCCC(C)[n+]1cc[nH]c1C(C)CCCCC. The van der Waals surface area contributed by atoms with Crippen LogP contribution in [0.3, 0.4) is 0 Å². The van der Waals surface area contributed by atoms with Crippen LogP contribution < -0.4 is 4.57 Å². The van der Waals surface area contributed by atoms with Crippen LogP contribution in [0.5, 0.6) is 0 Å². The first-order valence-corrected chi connectivity index (χ1v) is 13.3. The molecule has 0 fully saturated rings. The fraction of sp³-hybridized carbons (Fsp3) is 0.889. The van der Waals surface area contributed by atoms with Gasteiger partial charge in [-0.15, -0.1) is 0 Å². The smallest absolute Gasteiger partial charge is 0.247 e. The molecule has 1 rings (SSSR count). The minimum atomic E-state index is 0.623. The minimum Gasteiger partial charge on any atom is -0.247 e. The lowest BCUT2D eigenvalue weighted by atomic mass is 10.0. The molecule has 2 atom stereocenters. The predicted molar refractivity (Wildman–Crippen MR) is 129 cm³/mol. The summed E-state index contributed by atoms with van der Waals surface area (Å²) in [5.41, 5.74) is 0. The highest BCUT2D eigenvalue weighted by Gasteiger charge is 2.21. The Bertz CT molecular complexity index is 465. The van der Waals surface area contributed by atoms with Crippen LogP contribution in [0.15, 0.2) is 12.4 Å². The third-order valence-electron chi connectivity index (χ3n) is 6.65. The van der Waals surface area contributed by atoms with Gasteiger partial charge in [0.05, 0.1) is 12.0 Å². The van der Waals surface area contributed by atoms with E-state index in [9.17, 15) is 0 Å². The highest BCUT2D eigenvalue weighted by molar-refractivity contribution is 4.87. The standard InChI is InChI=1S/C27H52N2/c1-5-7-9-10-11-12-13-14-15-16-17-18-20-22-26(4)29-24-23-28-27(29)25(3)21-19-8-6-2/h23-26H,5-22H2,1-4H3/p+1. The number of aromatic amines is 1. The summed E-state index contributed by atoms with van der Waals surface area (Å²) in [6.45, 7) is 9.37. The molecule has 0 saturated carbocycles. The molecule has 0 spiro atoms. The molecule has 0 aromatic carbocycles. The maximum Gasteiger partial charge on any atom is 0.257 e. The van der Waals surface area contributed by atoms with Crippen LogP contribution in [0, 0.1) is 0 Å². The Morgan fingerprint density at radius 3 is 1.66 bits per heavy atom. The largest absolute Gasteiger partial charge is 0.257 e. The number of hydrogen-bond acceptors (Lipinski definition) is 0. The van der Waals surface area contributed by atoms with E-state index >= 15 is 0 Å². The summed E-state index contributed by atoms with van der Waals surface area (Å²) in [6, 6.07) is 0.623. The Morgan fingerprint density at radius 1 is 0.655 bits per heavy atom. The van der Waals surface area contributed by atoms with Crippen molar-refractivity contribution in [3.63, 3.8) is 0 Å². The van der Waals surface area contributed by atoms with Crippen LogP contribution >= 0.6 is 0 Å². The van der Waals surface area contributed by atoms with Crippen LogP contribution in [-0.2, 0) is 0 Å². The third kappa shape index (κ3) is 12.5. The van der Waals surface area contributed by atoms with Crippen molar-refractivity contribution in [1.82, 2.24) is 4.98 Å². The molecule has 1 heterocycles. The molecule has 0 bridgehead atoms. The van der Waals surface area contributed by atoms with Crippen LogP contribution in [0.25, 0.3) is 0 Å². The molecule has 0 saturated heterocycles. The summed E-state index contributed by atoms with van der Waals surface area (Å²) >= 11 is 0. The van der Waals surface area contributed by atoms with Crippen molar-refractivity contribution in [2.24, 2.45) is 0 Å². The molecule has 0 aliphatic heterocycles. The van der Waals surface area contributed by atoms with Gasteiger partial charge in [0.1, 0.15) is 12.4 Å². The van der Waals surface area contributed by atoms with Crippen molar-refractivity contribution in [2.45, 2.75) is 155 Å². The van der Waals surface area contributed by atoms with Crippen LogP contribution in [0.2, 0.25) is 0 Å². The van der Waals surface area contributed by atoms with Crippen molar-refractivity contribution in [3.05, 3.63) is 18.2 Å². The molecule has 0 amide bonds. The minimum absolute atomic E-state index is 0.623. The summed E-state index contributed by atoms with van der Waals surface area (Å²) in [7, 11) is 0. The Labute approximate surface area is 183 Å². The lowest BCUT2D eigenvalue weighted by molar-refractivity contribution is -0.727. The lowest BCUT2D eigenvalue weighted by Crippen LogP contribution is -2.40. The van der Waals surface area contributed by atoms with Gasteiger partial charge in [0, 0.05) is 0 Å². The van der Waals surface area contributed by atoms with E-state index in [1.54, 1.807) is 0 Å². The second-order valence-corrected chi connectivity index (χ2v) is 9.53. The van der Waals surface area contributed by atoms with Gasteiger partial charge < -0.3 is 0 Å². The molecule has 0 radical (unpaired) electrons. The van der Waals surface area contributed by atoms with E-state index in [1.165, 1.54) is 121 Å². The zero-order valence-electron chi connectivity index (χ0n) is 20.5. The highest BCUT2D eigenvalue weighted by atomic mass is 15.1. The van der Waals surface area contributed by atoms with Crippen molar-refractivity contribution in [3.8, 4) is 0 Å². The summed E-state index contributed by atoms with van der Waals surface area (Å²) in [6.07, 6.45) is 29.7. The van der Waals surface area contributed by atoms with Crippen molar-refractivity contribution < 1.29 is 4.57 Å². The zero-order chi connectivity index (χ0) is 21.2. The van der Waals surface area contributed by atoms with Gasteiger partial charge in [0.25, 0.3) is 5.82 Å². The van der Waals surface area contributed by atoms with E-state index in [2.05, 4.69) is 49.6 Å². The number of rotatable bonds is 20. The molecule has 2 heteroatoms. The van der Waals surface area contributed by atoms with Gasteiger partial charge in [0.15, 0.2) is 0 Å². The molecule has 29 heavy (non-hydrogen) atoms. The number of nitrogens with zero attached hydrogens (tertiary/aromatic N) is 1. The van der Waals surface area contributed by atoms with E-state index in [-0.39, 0.29) is 0 Å². The number of H-pyrrole nitrogens is 1. The zero-order valence-corrected chi connectivity index (χ0v) is 20.5. The molecule has 1 N–H and O–H groups in total. The van der Waals surface area contributed by atoms with Gasteiger partial charge >= 0.3 is 0 Å². The van der Waals surface area contributed by atoms with Crippen molar-refractivity contribution in [2.75, 3.05) is 0 Å². The molecular formula is C27H53N2+. The Morgan fingerprint density at radius 2 is 1.10 bits per heavy atom. The Kier molecular flexibility index (Phi) is 16.3. The average molecular weight is 406 g/mol. The molecule has 0 aliphatic carbocycles. The van der Waals surface area contributed by atoms with Crippen LogP contribution in [-0.4, -0.2) is 4.98 Å². The molecule has 170 valence electrons. The van der Waals surface area contributed by atoms with Gasteiger partial charge in [-0.3, -0.25) is 0 Å². The average Bonchev–Trinajstić information content (AvgIpc) is 3.21. The van der Waals surface area contributed by atoms with Gasteiger partial charge in [-0.2, -0.15) is 0 Å². The first-order chi connectivity index (χ1) is 14.2. The second kappa shape index (κ2) is 18.0. The summed E-state index contributed by atoms with van der Waals surface area (Å²) in [5, 5.41) is 0. The Hall–Kier alpha value is -0.790. The van der Waals surface area contributed by atoms with E-state index in [0.29, 0.717) is 12.0 Å². The van der Waals surface area contributed by atoms with E-state index in [0.717, 1.165) is 0 Å². The monoisotopic (exact) mass is 405 g/mol. The van der Waals surface area contributed by atoms with Crippen LogP contribution in [0.4, 0.5) is 0 Å². The predicted octanol–water partition coefficient (Wildman–Crippen LogP) is 9.03. The summed E-state index contributed by atoms with van der Waals surface area (Å²) < 4.78 is 2.51. The lowest BCUT2D eigenvalue weighted by Gasteiger charge is -2.14. The normalized spacial score (nSPS) is 13.7. The first kappa shape index (κ1) is 26.2. The molecule has 0 aliphatic rings. The summed E-state index contributed by atoms with van der Waals surface area (Å²) in [4.78, 5) is 3.53.